The molecule has 1 aliphatic rings. The number of pyridine rings is 1. The summed E-state index contributed by atoms with van der Waals surface area (Å²) in [6, 6.07) is 6.23. The number of nitrogens with zero attached hydrogens (tertiary/aromatic N) is 1. The topological polar surface area (TPSA) is 12.9 Å². The van der Waals surface area contributed by atoms with Crippen LogP contribution in [-0.2, 0) is 0 Å². The first kappa shape index (κ1) is 7.78. The van der Waals surface area contributed by atoms with Crippen molar-refractivity contribution in [3.8, 4) is 0 Å². The van der Waals surface area contributed by atoms with Gasteiger partial charge in [0.25, 0.3) is 0 Å². The van der Waals surface area contributed by atoms with E-state index in [4.69, 9.17) is 0 Å². The van der Waals surface area contributed by atoms with Gasteiger partial charge in [-0.15, -0.1) is 0 Å². The molecule has 2 atom stereocenters. The summed E-state index contributed by atoms with van der Waals surface area (Å²) >= 11 is 0. The van der Waals surface area contributed by atoms with Gasteiger partial charge in [-0.2, -0.15) is 0 Å². The van der Waals surface area contributed by atoms with Crippen LogP contribution in [0.4, 0.5) is 0 Å². The van der Waals surface area contributed by atoms with Crippen LogP contribution in [0.2, 0.25) is 0 Å². The summed E-state index contributed by atoms with van der Waals surface area (Å²) < 4.78 is 0. The lowest BCUT2D eigenvalue weighted by atomic mass is 10.0. The summed E-state index contributed by atoms with van der Waals surface area (Å²) in [4.78, 5) is 4.40. The van der Waals surface area contributed by atoms with Crippen molar-refractivity contribution >= 4 is 0 Å². The second kappa shape index (κ2) is 3.26. The zero-order valence-corrected chi connectivity index (χ0v) is 7.53. The van der Waals surface area contributed by atoms with Crippen molar-refractivity contribution < 1.29 is 0 Å². The van der Waals surface area contributed by atoms with Crippen LogP contribution in [-0.4, -0.2) is 4.98 Å². The highest BCUT2D eigenvalue weighted by atomic mass is 14.7. The average Bonchev–Trinajstić information content (AvgIpc) is 2.54. The predicted molar refractivity (Wildman–Crippen MR) is 50.0 cm³/mol. The minimum Gasteiger partial charge on any atom is -0.261 e. The summed E-state index contributed by atoms with van der Waals surface area (Å²) in [7, 11) is 0. The number of hydrogen-bond donors (Lipinski definition) is 0. The highest BCUT2D eigenvalue weighted by molar-refractivity contribution is 5.10. The van der Waals surface area contributed by atoms with Crippen molar-refractivity contribution in [2.45, 2.75) is 32.1 Å². The van der Waals surface area contributed by atoms with E-state index in [0.29, 0.717) is 0 Å². The maximum absolute atomic E-state index is 4.40. The van der Waals surface area contributed by atoms with Crippen LogP contribution in [0.3, 0.4) is 0 Å². The Balaban J connectivity index is 2.11. The molecule has 1 aromatic heterocycles. The fourth-order valence-corrected chi connectivity index (χ4v) is 2.09. The standard InChI is InChI=1S/C11H15N/c1-9-5-6-10(8-9)11-4-2-3-7-12-11/h2-4,7,9-10H,5-6,8H2,1H3/t9-,10-/m0/s1. The minimum atomic E-state index is 0.737. The maximum Gasteiger partial charge on any atom is 0.0434 e. The Bertz CT molecular complexity index is 242. The van der Waals surface area contributed by atoms with E-state index in [1.807, 2.05) is 12.3 Å². The van der Waals surface area contributed by atoms with Crippen LogP contribution >= 0.6 is 0 Å². The third-order valence-corrected chi connectivity index (χ3v) is 2.80. The zero-order chi connectivity index (χ0) is 8.39. The summed E-state index contributed by atoms with van der Waals surface area (Å²) in [5, 5.41) is 0. The van der Waals surface area contributed by atoms with E-state index in [0.717, 1.165) is 11.8 Å². The molecule has 0 saturated heterocycles. The lowest BCUT2D eigenvalue weighted by Gasteiger charge is -2.07. The Hall–Kier alpha value is -0.850. The van der Waals surface area contributed by atoms with Gasteiger partial charge in [-0.05, 0) is 30.9 Å². The van der Waals surface area contributed by atoms with Crippen LogP contribution in [0.15, 0.2) is 24.4 Å². The van der Waals surface area contributed by atoms with Crippen LogP contribution in [0.25, 0.3) is 0 Å². The van der Waals surface area contributed by atoms with Crippen molar-refractivity contribution in [1.29, 1.82) is 0 Å². The molecule has 0 spiro atoms. The van der Waals surface area contributed by atoms with Gasteiger partial charge in [-0.1, -0.05) is 19.4 Å². The summed E-state index contributed by atoms with van der Waals surface area (Å²) in [5.41, 5.74) is 1.29. The Labute approximate surface area is 73.8 Å². The van der Waals surface area contributed by atoms with Crippen molar-refractivity contribution in [3.63, 3.8) is 0 Å². The molecule has 0 aromatic carbocycles. The van der Waals surface area contributed by atoms with Gasteiger partial charge < -0.3 is 0 Å². The average molecular weight is 161 g/mol. The SMILES string of the molecule is C[C@H]1CC[C@H](c2ccccn2)C1. The first-order chi connectivity index (χ1) is 5.86. The molecule has 1 aliphatic carbocycles. The molecule has 1 aromatic rings. The van der Waals surface area contributed by atoms with E-state index in [-0.39, 0.29) is 0 Å². The fraction of sp³-hybridized carbons (Fsp3) is 0.545. The highest BCUT2D eigenvalue weighted by Crippen LogP contribution is 2.36. The van der Waals surface area contributed by atoms with Gasteiger partial charge in [-0.25, -0.2) is 0 Å². The van der Waals surface area contributed by atoms with E-state index >= 15 is 0 Å². The molecule has 1 saturated carbocycles. The third kappa shape index (κ3) is 1.50. The Morgan fingerprint density at radius 3 is 2.83 bits per heavy atom. The Morgan fingerprint density at radius 1 is 1.33 bits per heavy atom. The molecule has 0 aliphatic heterocycles. The molecular weight excluding hydrogens is 146 g/mol. The van der Waals surface area contributed by atoms with Crippen molar-refractivity contribution in [3.05, 3.63) is 30.1 Å². The fourth-order valence-electron chi connectivity index (χ4n) is 2.09. The molecule has 1 heteroatoms. The molecule has 1 nitrogen and oxygen atoms in total. The van der Waals surface area contributed by atoms with E-state index in [9.17, 15) is 0 Å². The van der Waals surface area contributed by atoms with Crippen molar-refractivity contribution in [2.24, 2.45) is 5.92 Å². The normalized spacial score (nSPS) is 29.1. The quantitative estimate of drug-likeness (QED) is 0.617. The van der Waals surface area contributed by atoms with Gasteiger partial charge in [0.2, 0.25) is 0 Å². The monoisotopic (exact) mass is 161 g/mol. The second-order valence-corrected chi connectivity index (χ2v) is 3.87. The van der Waals surface area contributed by atoms with Gasteiger partial charge in [0, 0.05) is 17.8 Å². The van der Waals surface area contributed by atoms with Gasteiger partial charge in [0.05, 0.1) is 0 Å². The molecule has 0 N–H and O–H groups in total. The van der Waals surface area contributed by atoms with Gasteiger partial charge >= 0.3 is 0 Å². The molecule has 0 radical (unpaired) electrons. The number of aromatic nitrogens is 1. The molecular formula is C11H15N. The Morgan fingerprint density at radius 2 is 2.25 bits per heavy atom. The summed E-state index contributed by atoms with van der Waals surface area (Å²) in [6.45, 7) is 2.34. The first-order valence-corrected chi connectivity index (χ1v) is 4.77. The smallest absolute Gasteiger partial charge is 0.0434 e. The summed E-state index contributed by atoms with van der Waals surface area (Å²) in [6.07, 6.45) is 5.94. The predicted octanol–water partition coefficient (Wildman–Crippen LogP) is 2.99. The van der Waals surface area contributed by atoms with Crippen LogP contribution < -0.4 is 0 Å². The molecule has 0 amide bonds. The molecule has 0 unspecified atom stereocenters. The van der Waals surface area contributed by atoms with E-state index < -0.39 is 0 Å². The molecule has 2 rings (SSSR count). The second-order valence-electron chi connectivity index (χ2n) is 3.87. The van der Waals surface area contributed by atoms with E-state index in [1.165, 1.54) is 25.0 Å². The molecule has 1 heterocycles. The number of rotatable bonds is 1. The van der Waals surface area contributed by atoms with Crippen LogP contribution in [0, 0.1) is 5.92 Å². The largest absolute Gasteiger partial charge is 0.261 e. The molecule has 12 heavy (non-hydrogen) atoms. The third-order valence-electron chi connectivity index (χ3n) is 2.80. The highest BCUT2D eigenvalue weighted by Gasteiger charge is 2.23. The Kier molecular flexibility index (Phi) is 2.11. The lowest BCUT2D eigenvalue weighted by Crippen LogP contribution is -1.95. The zero-order valence-electron chi connectivity index (χ0n) is 7.53. The maximum atomic E-state index is 4.40. The van der Waals surface area contributed by atoms with Gasteiger partial charge in [0.15, 0.2) is 0 Å². The van der Waals surface area contributed by atoms with Gasteiger partial charge in [-0.3, -0.25) is 4.98 Å². The molecule has 64 valence electrons. The molecule has 0 bridgehead atoms. The first-order valence-electron chi connectivity index (χ1n) is 4.77. The molecule has 1 fully saturated rings. The van der Waals surface area contributed by atoms with E-state index in [1.54, 1.807) is 0 Å². The summed E-state index contributed by atoms with van der Waals surface area (Å²) in [5.74, 6) is 1.64. The van der Waals surface area contributed by atoms with Crippen molar-refractivity contribution in [1.82, 2.24) is 4.98 Å². The van der Waals surface area contributed by atoms with Crippen LogP contribution in [0.1, 0.15) is 37.8 Å². The number of hydrogen-bond acceptors (Lipinski definition) is 1. The van der Waals surface area contributed by atoms with Crippen LogP contribution in [0.5, 0.6) is 0 Å². The lowest BCUT2D eigenvalue weighted by molar-refractivity contribution is 0.592. The van der Waals surface area contributed by atoms with Gasteiger partial charge in [0.1, 0.15) is 0 Å². The van der Waals surface area contributed by atoms with Crippen molar-refractivity contribution in [2.75, 3.05) is 0 Å². The van der Waals surface area contributed by atoms with E-state index in [2.05, 4.69) is 24.0 Å². The minimum absolute atomic E-state index is 0.737.